The summed E-state index contributed by atoms with van der Waals surface area (Å²) in [6.45, 7) is 5.40. The molecule has 0 radical (unpaired) electrons. The first-order valence-corrected chi connectivity index (χ1v) is 6.17. The van der Waals surface area contributed by atoms with Gasteiger partial charge in [0.15, 0.2) is 0 Å². The number of nitrogens with zero attached hydrogens (tertiary/aromatic N) is 2. The van der Waals surface area contributed by atoms with E-state index in [1.54, 1.807) is 0 Å². The first-order chi connectivity index (χ1) is 7.85. The fraction of sp³-hybridized carbons (Fsp3) is 0.615. The Balaban J connectivity index is 2.14. The molecule has 1 fully saturated rings. The molecule has 1 aromatic rings. The maximum absolute atomic E-state index is 4.25. The van der Waals surface area contributed by atoms with Gasteiger partial charge in [0.25, 0.3) is 0 Å². The summed E-state index contributed by atoms with van der Waals surface area (Å²) in [6.07, 6.45) is 6.68. The zero-order valence-electron chi connectivity index (χ0n) is 10.2. The molecule has 0 spiro atoms. The van der Waals surface area contributed by atoms with Gasteiger partial charge in [-0.1, -0.05) is 0 Å². The summed E-state index contributed by atoms with van der Waals surface area (Å²) >= 11 is 0. The largest absolute Gasteiger partial charge is 0.370 e. The van der Waals surface area contributed by atoms with E-state index in [-0.39, 0.29) is 0 Å². The highest BCUT2D eigenvalue weighted by Crippen LogP contribution is 2.32. The molecule has 1 heterocycles. The van der Waals surface area contributed by atoms with Crippen LogP contribution in [0.3, 0.4) is 0 Å². The number of hydrogen-bond acceptors (Lipinski definition) is 3. The molecule has 1 aromatic heterocycles. The molecule has 0 aliphatic heterocycles. The number of nitrogens with one attached hydrogen (secondary N) is 1. The zero-order valence-corrected chi connectivity index (χ0v) is 10.2. The number of rotatable bonds is 6. The molecule has 2 rings (SSSR count). The van der Waals surface area contributed by atoms with E-state index < -0.39 is 0 Å². The molecule has 16 heavy (non-hydrogen) atoms. The SMILES string of the molecule is CCN(CC1CC1)c1cnccc1CNC. The molecule has 1 aliphatic carbocycles. The quantitative estimate of drug-likeness (QED) is 0.793. The minimum absolute atomic E-state index is 0.916. The second kappa shape index (κ2) is 5.30. The van der Waals surface area contributed by atoms with Crippen molar-refractivity contribution >= 4 is 5.69 Å². The summed E-state index contributed by atoms with van der Waals surface area (Å²) in [5.74, 6) is 0.919. The molecular formula is C13H21N3. The maximum Gasteiger partial charge on any atom is 0.0598 e. The van der Waals surface area contributed by atoms with Gasteiger partial charge in [0.05, 0.1) is 11.9 Å². The van der Waals surface area contributed by atoms with Gasteiger partial charge in [0.1, 0.15) is 0 Å². The van der Waals surface area contributed by atoms with Crippen molar-refractivity contribution in [3.8, 4) is 0 Å². The van der Waals surface area contributed by atoms with Crippen molar-refractivity contribution in [2.45, 2.75) is 26.3 Å². The van der Waals surface area contributed by atoms with Crippen molar-refractivity contribution in [3.63, 3.8) is 0 Å². The van der Waals surface area contributed by atoms with Crippen molar-refractivity contribution in [1.82, 2.24) is 10.3 Å². The molecule has 1 N–H and O–H groups in total. The van der Waals surface area contributed by atoms with E-state index in [0.29, 0.717) is 0 Å². The van der Waals surface area contributed by atoms with Gasteiger partial charge in [-0.25, -0.2) is 0 Å². The Morgan fingerprint density at radius 3 is 2.94 bits per heavy atom. The summed E-state index contributed by atoms with van der Waals surface area (Å²) < 4.78 is 0. The summed E-state index contributed by atoms with van der Waals surface area (Å²) in [5, 5.41) is 3.22. The monoisotopic (exact) mass is 219 g/mol. The molecule has 1 aliphatic rings. The highest BCUT2D eigenvalue weighted by Gasteiger charge is 2.24. The van der Waals surface area contributed by atoms with Crippen LogP contribution in [0.1, 0.15) is 25.3 Å². The predicted octanol–water partition coefficient (Wildman–Crippen LogP) is 2.04. The Bertz CT molecular complexity index is 334. The van der Waals surface area contributed by atoms with Crippen LogP contribution in [0, 0.1) is 5.92 Å². The minimum atomic E-state index is 0.916. The van der Waals surface area contributed by atoms with E-state index >= 15 is 0 Å². The van der Waals surface area contributed by atoms with Crippen LogP contribution >= 0.6 is 0 Å². The third-order valence-corrected chi connectivity index (χ3v) is 3.15. The molecule has 3 nitrogen and oxygen atoms in total. The van der Waals surface area contributed by atoms with Crippen molar-refractivity contribution in [2.75, 3.05) is 25.0 Å². The number of pyridine rings is 1. The summed E-state index contributed by atoms with van der Waals surface area (Å²) in [4.78, 5) is 6.71. The summed E-state index contributed by atoms with van der Waals surface area (Å²) in [5.41, 5.74) is 2.64. The Morgan fingerprint density at radius 2 is 2.31 bits per heavy atom. The van der Waals surface area contributed by atoms with Gasteiger partial charge in [-0.2, -0.15) is 0 Å². The number of aromatic nitrogens is 1. The van der Waals surface area contributed by atoms with Crippen LogP contribution in [0.25, 0.3) is 0 Å². The third kappa shape index (κ3) is 2.73. The van der Waals surface area contributed by atoms with E-state index in [0.717, 1.165) is 19.0 Å². The van der Waals surface area contributed by atoms with E-state index in [1.165, 1.54) is 30.6 Å². The van der Waals surface area contributed by atoms with Crippen LogP contribution in [-0.4, -0.2) is 25.1 Å². The lowest BCUT2D eigenvalue weighted by atomic mass is 10.2. The summed E-state index contributed by atoms with van der Waals surface area (Å²) in [7, 11) is 1.99. The lowest BCUT2D eigenvalue weighted by Gasteiger charge is -2.25. The normalized spacial score (nSPS) is 15.1. The van der Waals surface area contributed by atoms with Crippen LogP contribution in [0.4, 0.5) is 5.69 Å². The fourth-order valence-electron chi connectivity index (χ4n) is 2.05. The van der Waals surface area contributed by atoms with Crippen LogP contribution < -0.4 is 10.2 Å². The van der Waals surface area contributed by atoms with Gasteiger partial charge >= 0.3 is 0 Å². The van der Waals surface area contributed by atoms with Gasteiger partial charge in [0, 0.05) is 25.8 Å². The second-order valence-corrected chi connectivity index (χ2v) is 4.52. The molecular weight excluding hydrogens is 198 g/mol. The third-order valence-electron chi connectivity index (χ3n) is 3.15. The van der Waals surface area contributed by atoms with Gasteiger partial charge < -0.3 is 10.2 Å². The average Bonchev–Trinajstić information content (AvgIpc) is 3.11. The number of hydrogen-bond donors (Lipinski definition) is 1. The Kier molecular flexibility index (Phi) is 3.78. The van der Waals surface area contributed by atoms with Crippen LogP contribution in [0.2, 0.25) is 0 Å². The van der Waals surface area contributed by atoms with E-state index in [1.807, 2.05) is 19.4 Å². The molecule has 88 valence electrons. The molecule has 0 bridgehead atoms. The number of anilines is 1. The lowest BCUT2D eigenvalue weighted by molar-refractivity contribution is 0.727. The van der Waals surface area contributed by atoms with Gasteiger partial charge in [-0.3, -0.25) is 4.98 Å². The molecule has 3 heteroatoms. The molecule has 1 saturated carbocycles. The molecule has 0 unspecified atom stereocenters. The first-order valence-electron chi connectivity index (χ1n) is 6.17. The Hall–Kier alpha value is -1.09. The van der Waals surface area contributed by atoms with Gasteiger partial charge in [-0.05, 0) is 44.4 Å². The van der Waals surface area contributed by atoms with Crippen molar-refractivity contribution in [2.24, 2.45) is 5.92 Å². The Morgan fingerprint density at radius 1 is 1.50 bits per heavy atom. The maximum atomic E-state index is 4.25. The van der Waals surface area contributed by atoms with Crippen molar-refractivity contribution < 1.29 is 0 Å². The smallest absolute Gasteiger partial charge is 0.0598 e. The molecule has 0 aromatic carbocycles. The Labute approximate surface area is 97.9 Å². The average molecular weight is 219 g/mol. The first kappa shape index (κ1) is 11.4. The standard InChI is InChI=1S/C13H21N3/c1-3-16(10-11-4-5-11)13-9-15-7-6-12(13)8-14-2/h6-7,9,11,14H,3-5,8,10H2,1-2H3. The molecule has 0 atom stereocenters. The predicted molar refractivity (Wildman–Crippen MR) is 67.6 cm³/mol. The molecule has 0 saturated heterocycles. The van der Waals surface area contributed by atoms with E-state index in [4.69, 9.17) is 0 Å². The lowest BCUT2D eigenvalue weighted by Crippen LogP contribution is -2.27. The van der Waals surface area contributed by atoms with E-state index in [9.17, 15) is 0 Å². The van der Waals surface area contributed by atoms with Gasteiger partial charge in [0.2, 0.25) is 0 Å². The highest BCUT2D eigenvalue weighted by molar-refractivity contribution is 5.51. The van der Waals surface area contributed by atoms with Crippen LogP contribution in [-0.2, 0) is 6.54 Å². The van der Waals surface area contributed by atoms with Crippen LogP contribution in [0.15, 0.2) is 18.5 Å². The van der Waals surface area contributed by atoms with Crippen molar-refractivity contribution in [1.29, 1.82) is 0 Å². The van der Waals surface area contributed by atoms with E-state index in [2.05, 4.69) is 28.2 Å². The minimum Gasteiger partial charge on any atom is -0.370 e. The zero-order chi connectivity index (χ0) is 11.4. The topological polar surface area (TPSA) is 28.2 Å². The van der Waals surface area contributed by atoms with Crippen molar-refractivity contribution in [3.05, 3.63) is 24.0 Å². The molecule has 0 amide bonds. The highest BCUT2D eigenvalue weighted by atomic mass is 15.1. The summed E-state index contributed by atoms with van der Waals surface area (Å²) in [6, 6.07) is 2.11. The fourth-order valence-corrected chi connectivity index (χ4v) is 2.05. The second-order valence-electron chi connectivity index (χ2n) is 4.52. The van der Waals surface area contributed by atoms with Crippen LogP contribution in [0.5, 0.6) is 0 Å². The van der Waals surface area contributed by atoms with Gasteiger partial charge in [-0.15, -0.1) is 0 Å².